The number of hydrogen-bond donors (Lipinski definition) is 1. The summed E-state index contributed by atoms with van der Waals surface area (Å²) in [5.74, 6) is -2.98. The molecule has 170 valence electrons. The number of ketones is 1. The molecule has 1 atom stereocenters. The summed E-state index contributed by atoms with van der Waals surface area (Å²) in [6, 6.07) is 13.8. The SMILES string of the molecule is CC(C)C(NC(=O)c1ccccc1F)C(=O)OCC(=O)c1cn(CCC#N)c2ccccc12. The van der Waals surface area contributed by atoms with E-state index in [1.54, 1.807) is 32.2 Å². The van der Waals surface area contributed by atoms with E-state index in [2.05, 4.69) is 11.4 Å². The fourth-order valence-electron chi connectivity index (χ4n) is 3.49. The standard InChI is InChI=1S/C25H24FN3O4/c1-16(2)23(28-24(31)18-9-3-5-10-20(18)26)25(32)33-15-22(30)19-14-29(13-7-12-27)21-11-6-4-8-17(19)21/h3-6,8-11,14,16,23H,7,13,15H2,1-2H3,(H,28,31). The molecule has 1 aromatic heterocycles. The minimum atomic E-state index is -1.05. The van der Waals surface area contributed by atoms with Crippen LogP contribution in [0.5, 0.6) is 0 Å². The van der Waals surface area contributed by atoms with Crippen molar-refractivity contribution in [2.45, 2.75) is 32.9 Å². The van der Waals surface area contributed by atoms with E-state index in [1.807, 2.05) is 16.7 Å². The molecule has 0 saturated heterocycles. The number of aryl methyl sites for hydroxylation is 1. The van der Waals surface area contributed by atoms with Gasteiger partial charge in [0.15, 0.2) is 6.61 Å². The number of nitrogens with zero attached hydrogens (tertiary/aromatic N) is 2. The maximum Gasteiger partial charge on any atom is 0.329 e. The summed E-state index contributed by atoms with van der Waals surface area (Å²) in [4.78, 5) is 37.9. The Balaban J connectivity index is 1.71. The van der Waals surface area contributed by atoms with Gasteiger partial charge in [-0.3, -0.25) is 9.59 Å². The smallest absolute Gasteiger partial charge is 0.329 e. The first-order valence-electron chi connectivity index (χ1n) is 10.5. The summed E-state index contributed by atoms with van der Waals surface area (Å²) in [5, 5.41) is 12.1. The minimum Gasteiger partial charge on any atom is -0.456 e. The lowest BCUT2D eigenvalue weighted by Gasteiger charge is -2.20. The second-order valence-electron chi connectivity index (χ2n) is 7.87. The molecular formula is C25H24FN3O4. The van der Waals surface area contributed by atoms with Gasteiger partial charge in [0.1, 0.15) is 11.9 Å². The number of aromatic nitrogens is 1. The van der Waals surface area contributed by atoms with E-state index in [-0.39, 0.29) is 11.5 Å². The number of carbonyl (C=O) groups excluding carboxylic acids is 3. The van der Waals surface area contributed by atoms with Gasteiger partial charge in [-0.25, -0.2) is 9.18 Å². The van der Waals surface area contributed by atoms with Crippen molar-refractivity contribution < 1.29 is 23.5 Å². The Bertz CT molecular complexity index is 1230. The monoisotopic (exact) mass is 449 g/mol. The number of benzene rings is 2. The molecule has 1 heterocycles. The van der Waals surface area contributed by atoms with Gasteiger partial charge in [0.05, 0.1) is 18.1 Å². The zero-order chi connectivity index (χ0) is 24.0. The van der Waals surface area contributed by atoms with Gasteiger partial charge in [0.2, 0.25) is 5.78 Å². The van der Waals surface area contributed by atoms with Crippen molar-refractivity contribution in [3.05, 3.63) is 71.7 Å². The van der Waals surface area contributed by atoms with Crippen LogP contribution in [0.2, 0.25) is 0 Å². The first kappa shape index (κ1) is 23.7. The molecule has 8 heteroatoms. The third-order valence-corrected chi connectivity index (χ3v) is 5.22. The van der Waals surface area contributed by atoms with Crippen molar-refractivity contribution in [3.63, 3.8) is 0 Å². The predicted molar refractivity (Wildman–Crippen MR) is 120 cm³/mol. The lowest BCUT2D eigenvalue weighted by molar-refractivity contribution is -0.145. The van der Waals surface area contributed by atoms with Crippen molar-refractivity contribution in [1.29, 1.82) is 5.26 Å². The number of para-hydroxylation sites is 1. The summed E-state index contributed by atoms with van der Waals surface area (Å²) in [7, 11) is 0. The summed E-state index contributed by atoms with van der Waals surface area (Å²) >= 11 is 0. The molecule has 0 bridgehead atoms. The largest absolute Gasteiger partial charge is 0.456 e. The van der Waals surface area contributed by atoms with Gasteiger partial charge in [-0.2, -0.15) is 5.26 Å². The molecule has 33 heavy (non-hydrogen) atoms. The number of Topliss-reactive ketones (excluding diaryl/α,β-unsaturated/α-hetero) is 1. The quantitative estimate of drug-likeness (QED) is 0.395. The van der Waals surface area contributed by atoms with Gasteiger partial charge in [-0.15, -0.1) is 0 Å². The highest BCUT2D eigenvalue weighted by Gasteiger charge is 2.28. The molecule has 1 N–H and O–H groups in total. The number of halogens is 1. The fourth-order valence-corrected chi connectivity index (χ4v) is 3.49. The summed E-state index contributed by atoms with van der Waals surface area (Å²) in [6.07, 6.45) is 1.94. The molecule has 0 fully saturated rings. The molecule has 0 aliphatic heterocycles. The van der Waals surface area contributed by atoms with E-state index in [4.69, 9.17) is 10.00 Å². The third kappa shape index (κ3) is 5.44. The lowest BCUT2D eigenvalue weighted by Crippen LogP contribution is -2.46. The number of nitrogens with one attached hydrogen (secondary N) is 1. The number of ether oxygens (including phenoxy) is 1. The molecule has 2 aromatic carbocycles. The van der Waals surface area contributed by atoms with Crippen molar-refractivity contribution >= 4 is 28.6 Å². The molecule has 0 radical (unpaired) electrons. The van der Waals surface area contributed by atoms with Crippen LogP contribution in [-0.4, -0.2) is 34.9 Å². The molecule has 3 rings (SSSR count). The summed E-state index contributed by atoms with van der Waals surface area (Å²) in [6.45, 7) is 3.34. The zero-order valence-electron chi connectivity index (χ0n) is 18.4. The van der Waals surface area contributed by atoms with E-state index < -0.39 is 36.1 Å². The Morgan fingerprint density at radius 2 is 1.79 bits per heavy atom. The van der Waals surface area contributed by atoms with E-state index in [0.717, 1.165) is 11.6 Å². The number of amides is 1. The van der Waals surface area contributed by atoms with E-state index in [9.17, 15) is 18.8 Å². The highest BCUT2D eigenvalue weighted by Crippen LogP contribution is 2.22. The fraction of sp³-hybridized carbons (Fsp3) is 0.280. The predicted octanol–water partition coefficient (Wildman–Crippen LogP) is 3.87. The van der Waals surface area contributed by atoms with E-state index in [0.29, 0.717) is 23.9 Å². The van der Waals surface area contributed by atoms with Gasteiger partial charge in [-0.05, 0) is 24.1 Å². The van der Waals surface area contributed by atoms with Gasteiger partial charge in [0, 0.05) is 29.2 Å². The Kier molecular flexibility index (Phi) is 7.57. The normalized spacial score (nSPS) is 11.7. The van der Waals surface area contributed by atoms with Crippen LogP contribution in [-0.2, 0) is 16.1 Å². The van der Waals surface area contributed by atoms with Crippen molar-refractivity contribution in [3.8, 4) is 6.07 Å². The minimum absolute atomic E-state index is 0.183. The van der Waals surface area contributed by atoms with Crippen LogP contribution >= 0.6 is 0 Å². The Morgan fingerprint density at radius 1 is 1.09 bits per heavy atom. The Hall–Kier alpha value is -3.99. The van der Waals surface area contributed by atoms with Crippen LogP contribution < -0.4 is 5.32 Å². The maximum atomic E-state index is 13.9. The highest BCUT2D eigenvalue weighted by molar-refractivity contribution is 6.09. The maximum absolute atomic E-state index is 13.9. The molecule has 0 saturated carbocycles. The summed E-state index contributed by atoms with van der Waals surface area (Å²) < 4.78 is 20.9. The molecule has 3 aromatic rings. The van der Waals surface area contributed by atoms with Crippen molar-refractivity contribution in [1.82, 2.24) is 9.88 Å². The Labute approximate surface area is 190 Å². The first-order valence-corrected chi connectivity index (χ1v) is 10.5. The molecule has 1 amide bonds. The van der Waals surface area contributed by atoms with E-state index in [1.165, 1.54) is 18.2 Å². The highest BCUT2D eigenvalue weighted by atomic mass is 19.1. The number of hydrogen-bond acceptors (Lipinski definition) is 5. The van der Waals surface area contributed by atoms with Gasteiger partial charge in [0.25, 0.3) is 5.91 Å². The topological polar surface area (TPSA) is 101 Å². The number of rotatable bonds is 9. The van der Waals surface area contributed by atoms with Crippen LogP contribution in [0, 0.1) is 23.1 Å². The molecule has 0 aliphatic carbocycles. The van der Waals surface area contributed by atoms with Crippen LogP contribution in [0.15, 0.2) is 54.7 Å². The zero-order valence-corrected chi connectivity index (χ0v) is 18.4. The average Bonchev–Trinajstić information content (AvgIpc) is 3.18. The molecule has 0 spiro atoms. The third-order valence-electron chi connectivity index (χ3n) is 5.22. The molecular weight excluding hydrogens is 425 g/mol. The van der Waals surface area contributed by atoms with Crippen LogP contribution in [0.1, 0.15) is 41.0 Å². The second kappa shape index (κ2) is 10.6. The summed E-state index contributed by atoms with van der Waals surface area (Å²) in [5.41, 5.74) is 1.00. The van der Waals surface area contributed by atoms with Gasteiger partial charge >= 0.3 is 5.97 Å². The second-order valence-corrected chi connectivity index (χ2v) is 7.87. The lowest BCUT2D eigenvalue weighted by atomic mass is 10.0. The van der Waals surface area contributed by atoms with E-state index >= 15 is 0 Å². The van der Waals surface area contributed by atoms with Crippen LogP contribution in [0.3, 0.4) is 0 Å². The van der Waals surface area contributed by atoms with Crippen molar-refractivity contribution in [2.24, 2.45) is 5.92 Å². The number of fused-ring (bicyclic) bond motifs is 1. The first-order chi connectivity index (χ1) is 15.8. The number of carbonyl (C=O) groups is 3. The molecule has 0 aliphatic rings. The van der Waals surface area contributed by atoms with Crippen LogP contribution in [0.25, 0.3) is 10.9 Å². The van der Waals surface area contributed by atoms with Gasteiger partial charge < -0.3 is 14.6 Å². The molecule has 1 unspecified atom stereocenters. The average molecular weight is 449 g/mol. The Morgan fingerprint density at radius 3 is 2.48 bits per heavy atom. The number of nitriles is 1. The van der Waals surface area contributed by atoms with Gasteiger partial charge in [-0.1, -0.05) is 44.2 Å². The number of esters is 1. The van der Waals surface area contributed by atoms with Crippen molar-refractivity contribution in [2.75, 3.05) is 6.61 Å². The van der Waals surface area contributed by atoms with Crippen LogP contribution in [0.4, 0.5) is 4.39 Å². The molecule has 7 nitrogen and oxygen atoms in total.